The van der Waals surface area contributed by atoms with Crippen LogP contribution < -0.4 is 21.3 Å². The first-order chi connectivity index (χ1) is 22.6. The summed E-state index contributed by atoms with van der Waals surface area (Å²) in [5.74, 6) is -0.749. The molecule has 0 aliphatic heterocycles. The quantitative estimate of drug-likeness (QED) is 0.0474. The maximum Gasteiger partial charge on any atom is 0.411 e. The fraction of sp³-hybridized carbons (Fsp3) is 0.161. The normalized spacial score (nSPS) is 12.1. The number of hydrogen-bond acceptors (Lipinski definition) is 10. The Labute approximate surface area is 269 Å². The molecule has 0 aromatic heterocycles. The van der Waals surface area contributed by atoms with Gasteiger partial charge in [-0.05, 0) is 48.9 Å². The van der Waals surface area contributed by atoms with Gasteiger partial charge in [0.1, 0.15) is 13.2 Å². The van der Waals surface area contributed by atoms with Crippen molar-refractivity contribution in [1.29, 1.82) is 0 Å². The Hall–Kier alpha value is -6.12. The lowest BCUT2D eigenvalue weighted by atomic mass is 9.82. The first-order valence-electron chi connectivity index (χ1n) is 14.0. The molecule has 0 saturated carbocycles. The summed E-state index contributed by atoms with van der Waals surface area (Å²) < 4.78 is 37.0. The van der Waals surface area contributed by atoms with Crippen molar-refractivity contribution in [3.8, 4) is 0 Å². The Kier molecular flexibility index (Phi) is 11.0. The third-order valence-corrected chi connectivity index (χ3v) is 7.70. The zero-order valence-electron chi connectivity index (χ0n) is 25.0. The van der Waals surface area contributed by atoms with Gasteiger partial charge in [0.2, 0.25) is 0 Å². The summed E-state index contributed by atoms with van der Waals surface area (Å²) in [5.41, 5.74) is 10.6. The molecular weight excluding hydrogens is 630 g/mol. The van der Waals surface area contributed by atoms with Crippen molar-refractivity contribution in [2.45, 2.75) is 11.8 Å². The van der Waals surface area contributed by atoms with E-state index in [1.165, 1.54) is 24.3 Å². The fourth-order valence-electron chi connectivity index (χ4n) is 4.58. The van der Waals surface area contributed by atoms with Crippen LogP contribution in [0.5, 0.6) is 0 Å². The van der Waals surface area contributed by atoms with Gasteiger partial charge in [-0.3, -0.25) is 20.2 Å². The standard InChI is InChI=1S/C31H29N7O8S/c1-3-7-19(2)35-30(41)45-16-14-33-24-12-13-25(27-26(24)28(39)22-10-4-5-11-23(22)29(27)40)34-15-17-46-31(42)36-20-8-6-9-21(18-20)47(43,44)38-37-32/h3-13,18,33-34H,1,14-17H2,2H3,(H,35,41)(H,36,42)/b19-7+. The largest absolute Gasteiger partial charge is 0.447 e. The van der Waals surface area contributed by atoms with Crippen LogP contribution in [-0.4, -0.2) is 58.5 Å². The highest BCUT2D eigenvalue weighted by atomic mass is 32.2. The number of nitrogens with zero attached hydrogens (tertiary/aromatic N) is 3. The molecule has 2 amide bonds. The number of benzene rings is 3. The van der Waals surface area contributed by atoms with Gasteiger partial charge in [-0.1, -0.05) is 43.0 Å². The molecule has 0 bridgehead atoms. The maximum absolute atomic E-state index is 13.6. The number of ketones is 2. The van der Waals surface area contributed by atoms with Crippen molar-refractivity contribution in [2.24, 2.45) is 4.52 Å². The van der Waals surface area contributed by atoms with E-state index in [-0.39, 0.29) is 70.7 Å². The highest BCUT2D eigenvalue weighted by molar-refractivity contribution is 7.90. The number of alkyl carbamates (subject to hydrolysis) is 1. The molecule has 0 spiro atoms. The van der Waals surface area contributed by atoms with E-state index in [2.05, 4.69) is 37.3 Å². The van der Waals surface area contributed by atoms with E-state index in [0.717, 1.165) is 6.07 Å². The number of azide groups is 1. The van der Waals surface area contributed by atoms with Crippen LogP contribution in [0.2, 0.25) is 0 Å². The number of fused-ring (bicyclic) bond motifs is 2. The Morgan fingerprint density at radius 1 is 0.894 bits per heavy atom. The third-order valence-electron chi connectivity index (χ3n) is 6.57. The fourth-order valence-corrected chi connectivity index (χ4v) is 5.29. The van der Waals surface area contributed by atoms with E-state index < -0.39 is 22.2 Å². The van der Waals surface area contributed by atoms with Gasteiger partial charge in [0.05, 0.1) is 16.0 Å². The van der Waals surface area contributed by atoms with Gasteiger partial charge >= 0.3 is 12.2 Å². The highest BCUT2D eigenvalue weighted by Crippen LogP contribution is 2.36. The number of anilines is 3. The first-order valence-corrected chi connectivity index (χ1v) is 15.4. The molecule has 0 atom stereocenters. The van der Waals surface area contributed by atoms with E-state index in [0.29, 0.717) is 17.1 Å². The summed E-state index contributed by atoms with van der Waals surface area (Å²) in [7, 11) is -4.25. The second kappa shape index (κ2) is 15.2. The van der Waals surface area contributed by atoms with Gasteiger partial charge in [0.15, 0.2) is 11.6 Å². The molecule has 4 rings (SSSR count). The molecule has 15 nitrogen and oxygen atoms in total. The average molecular weight is 660 g/mol. The monoisotopic (exact) mass is 659 g/mol. The lowest BCUT2D eigenvalue weighted by Gasteiger charge is -2.24. The molecule has 4 N–H and O–H groups in total. The number of carbonyl (C=O) groups is 4. The van der Waals surface area contributed by atoms with Crippen LogP contribution in [-0.2, 0) is 19.5 Å². The molecule has 242 valence electrons. The smallest absolute Gasteiger partial charge is 0.411 e. The van der Waals surface area contributed by atoms with Crippen molar-refractivity contribution in [3.05, 3.63) is 118 Å². The Morgan fingerprint density at radius 3 is 2.02 bits per heavy atom. The van der Waals surface area contributed by atoms with Crippen molar-refractivity contribution in [2.75, 3.05) is 42.3 Å². The van der Waals surface area contributed by atoms with Crippen LogP contribution in [0.3, 0.4) is 0 Å². The molecule has 0 radical (unpaired) electrons. The van der Waals surface area contributed by atoms with Gasteiger partial charge < -0.3 is 20.1 Å². The van der Waals surface area contributed by atoms with Crippen molar-refractivity contribution >= 4 is 50.8 Å². The van der Waals surface area contributed by atoms with E-state index >= 15 is 0 Å². The van der Waals surface area contributed by atoms with Crippen LogP contribution in [0.15, 0.2) is 94.5 Å². The number of rotatable bonds is 13. The van der Waals surface area contributed by atoms with Crippen LogP contribution in [0.4, 0.5) is 26.7 Å². The zero-order chi connectivity index (χ0) is 34.0. The van der Waals surface area contributed by atoms with E-state index in [1.807, 2.05) is 0 Å². The third kappa shape index (κ3) is 8.33. The number of carbonyl (C=O) groups excluding carboxylic acids is 4. The number of ether oxygens (including phenoxy) is 2. The molecule has 1 aliphatic carbocycles. The number of amides is 2. The predicted molar refractivity (Wildman–Crippen MR) is 173 cm³/mol. The molecule has 0 unspecified atom stereocenters. The SMILES string of the molecule is C=C/C=C(\C)NC(=O)OCCNc1ccc(NCCOC(=O)Nc2cccc(S(=O)(=O)N=[N+]=[N-])c2)c2c1C(=O)c1ccccc1C2=O. The second-order valence-electron chi connectivity index (χ2n) is 9.75. The molecule has 3 aromatic carbocycles. The molecule has 0 heterocycles. The molecule has 3 aromatic rings. The summed E-state index contributed by atoms with van der Waals surface area (Å²) in [5, 5.41) is 11.0. The van der Waals surface area contributed by atoms with Gasteiger partial charge in [0, 0.05) is 56.4 Å². The Bertz CT molecular complexity index is 1940. The molecule has 47 heavy (non-hydrogen) atoms. The number of sulfonamides is 1. The topological polar surface area (TPSA) is 218 Å². The molecule has 16 heteroatoms. The molecule has 1 aliphatic rings. The summed E-state index contributed by atoms with van der Waals surface area (Å²) >= 11 is 0. The van der Waals surface area contributed by atoms with Gasteiger partial charge in [-0.15, -0.1) is 0 Å². The van der Waals surface area contributed by atoms with Gasteiger partial charge in [-0.2, -0.15) is 0 Å². The van der Waals surface area contributed by atoms with Gasteiger partial charge in [0.25, 0.3) is 10.0 Å². The lowest BCUT2D eigenvalue weighted by molar-refractivity contribution is 0.0980. The van der Waals surface area contributed by atoms with Crippen LogP contribution in [0.25, 0.3) is 10.4 Å². The predicted octanol–water partition coefficient (Wildman–Crippen LogP) is 5.35. The van der Waals surface area contributed by atoms with Crippen LogP contribution in [0, 0.1) is 0 Å². The molecule has 0 saturated heterocycles. The summed E-state index contributed by atoms with van der Waals surface area (Å²) in [6, 6.07) is 14.8. The van der Waals surface area contributed by atoms with E-state index in [9.17, 15) is 27.6 Å². The van der Waals surface area contributed by atoms with Crippen molar-refractivity contribution in [3.63, 3.8) is 0 Å². The number of nitrogens with one attached hydrogen (secondary N) is 4. The van der Waals surface area contributed by atoms with Crippen molar-refractivity contribution < 1.29 is 37.1 Å². The maximum atomic E-state index is 13.6. The van der Waals surface area contributed by atoms with E-state index in [4.69, 9.17) is 15.0 Å². The van der Waals surface area contributed by atoms with Gasteiger partial charge in [-0.25, -0.2) is 18.0 Å². The second-order valence-corrected chi connectivity index (χ2v) is 11.3. The minimum Gasteiger partial charge on any atom is -0.447 e. The minimum absolute atomic E-state index is 0.0337. The summed E-state index contributed by atoms with van der Waals surface area (Å²) in [6.07, 6.45) is 1.58. The van der Waals surface area contributed by atoms with E-state index in [1.54, 1.807) is 49.4 Å². The van der Waals surface area contributed by atoms with Crippen LogP contribution >= 0.6 is 0 Å². The Balaban J connectivity index is 1.42. The average Bonchev–Trinajstić information content (AvgIpc) is 3.04. The lowest BCUT2D eigenvalue weighted by Crippen LogP contribution is -2.27. The first kappa shape index (κ1) is 33.8. The molecular formula is C31H29N7O8S. The number of hydrogen-bond donors (Lipinski definition) is 4. The number of allylic oxidation sites excluding steroid dienone is 3. The summed E-state index contributed by atoms with van der Waals surface area (Å²) in [6.45, 7) is 5.22. The van der Waals surface area contributed by atoms with Crippen LogP contribution in [0.1, 0.15) is 38.8 Å². The summed E-state index contributed by atoms with van der Waals surface area (Å²) in [4.78, 5) is 53.5. The highest BCUT2D eigenvalue weighted by Gasteiger charge is 2.33. The molecule has 0 fully saturated rings. The Morgan fingerprint density at radius 2 is 1.47 bits per heavy atom. The minimum atomic E-state index is -4.25. The van der Waals surface area contributed by atoms with Crippen molar-refractivity contribution in [1.82, 2.24) is 5.32 Å². The zero-order valence-corrected chi connectivity index (χ0v) is 25.8.